The summed E-state index contributed by atoms with van der Waals surface area (Å²) in [4.78, 5) is 22.8. The molecule has 1 aromatic rings. The smallest absolute Gasteiger partial charge is 0.416 e. The first-order valence-electron chi connectivity index (χ1n) is 10.3. The van der Waals surface area contributed by atoms with E-state index >= 15 is 0 Å². The number of ketones is 1. The molecule has 5 nitrogen and oxygen atoms in total. The van der Waals surface area contributed by atoms with Crippen LogP contribution >= 0.6 is 0 Å². The quantitative estimate of drug-likeness (QED) is 0.366. The largest absolute Gasteiger partial charge is 0.491 e. The van der Waals surface area contributed by atoms with Gasteiger partial charge in [0.25, 0.3) is 0 Å². The predicted octanol–water partition coefficient (Wildman–Crippen LogP) is 4.96. The van der Waals surface area contributed by atoms with Crippen molar-refractivity contribution < 1.29 is 37.7 Å². The van der Waals surface area contributed by atoms with E-state index in [1.165, 1.54) is 18.2 Å². The number of rotatable bonds is 11. The number of carbonyl (C=O) groups excluding carboxylic acids is 1. The molecule has 2 rings (SSSR count). The molecule has 0 unspecified atom stereocenters. The normalized spacial score (nSPS) is 20.4. The highest BCUT2D eigenvalue weighted by Gasteiger charge is 2.35. The van der Waals surface area contributed by atoms with E-state index in [2.05, 4.69) is 6.58 Å². The van der Waals surface area contributed by atoms with Crippen LogP contribution in [0.15, 0.2) is 60.7 Å². The summed E-state index contributed by atoms with van der Waals surface area (Å²) in [7, 11) is 0. The number of benzene rings is 1. The van der Waals surface area contributed by atoms with Crippen molar-refractivity contribution in [3.8, 4) is 5.75 Å². The van der Waals surface area contributed by atoms with Crippen LogP contribution in [-0.2, 0) is 15.8 Å². The standard InChI is InChI=1S/C24H27F3O5/c1-16-13-22(29)21(9-4-2-3-5-10-23(30)31)20(16)12-11-18(28)15-32-19-8-6-7-17(14-19)24(25,26)27/h2,4,6-8,11-12,14,18,20-21,28H,1,3,5,9-10,13,15H2,(H,30,31)/t18-,20+,21-/m1/s1. The molecule has 0 spiro atoms. The van der Waals surface area contributed by atoms with Crippen LogP contribution in [0.3, 0.4) is 0 Å². The molecule has 1 aliphatic carbocycles. The van der Waals surface area contributed by atoms with E-state index in [0.717, 1.165) is 17.7 Å². The zero-order valence-electron chi connectivity index (χ0n) is 17.6. The molecule has 0 aliphatic heterocycles. The van der Waals surface area contributed by atoms with Gasteiger partial charge < -0.3 is 14.9 Å². The molecular formula is C24H27F3O5. The number of unbranched alkanes of at least 4 members (excludes halogenated alkanes) is 1. The Morgan fingerprint density at radius 3 is 2.75 bits per heavy atom. The lowest BCUT2D eigenvalue weighted by Crippen LogP contribution is -2.17. The van der Waals surface area contributed by atoms with Gasteiger partial charge in [-0.2, -0.15) is 13.2 Å². The van der Waals surface area contributed by atoms with Gasteiger partial charge in [0.2, 0.25) is 0 Å². The van der Waals surface area contributed by atoms with Crippen molar-refractivity contribution in [1.82, 2.24) is 0 Å². The van der Waals surface area contributed by atoms with Gasteiger partial charge in [0.15, 0.2) is 0 Å². The number of aliphatic carboxylic acids is 1. The molecule has 0 amide bonds. The Kier molecular flexibility index (Phi) is 9.26. The number of aliphatic hydroxyl groups is 1. The van der Waals surface area contributed by atoms with Crippen LogP contribution in [0.1, 0.15) is 37.7 Å². The summed E-state index contributed by atoms with van der Waals surface area (Å²) in [5.74, 6) is -1.37. The second-order valence-corrected chi connectivity index (χ2v) is 7.72. The van der Waals surface area contributed by atoms with Crippen molar-refractivity contribution in [2.45, 2.75) is 44.4 Å². The molecule has 0 bridgehead atoms. The summed E-state index contributed by atoms with van der Waals surface area (Å²) in [6.07, 6.45) is 3.29. The fourth-order valence-corrected chi connectivity index (χ4v) is 3.48. The summed E-state index contributed by atoms with van der Waals surface area (Å²) in [6.45, 7) is 3.70. The first kappa shape index (κ1) is 25.4. The van der Waals surface area contributed by atoms with Gasteiger partial charge in [-0.05, 0) is 37.5 Å². The molecule has 0 saturated heterocycles. The van der Waals surface area contributed by atoms with Crippen LogP contribution in [0.2, 0.25) is 0 Å². The van der Waals surface area contributed by atoms with Gasteiger partial charge in [0.05, 0.1) is 5.56 Å². The minimum atomic E-state index is -4.48. The van der Waals surface area contributed by atoms with Gasteiger partial charge in [0.1, 0.15) is 24.2 Å². The molecule has 1 aliphatic rings. The molecule has 2 N–H and O–H groups in total. The Bertz CT molecular complexity index is 873. The number of ether oxygens (including phenoxy) is 1. The highest BCUT2D eigenvalue weighted by Crippen LogP contribution is 2.36. The lowest BCUT2D eigenvalue weighted by atomic mass is 9.89. The van der Waals surface area contributed by atoms with Crippen LogP contribution in [0.25, 0.3) is 0 Å². The van der Waals surface area contributed by atoms with E-state index in [9.17, 15) is 27.9 Å². The zero-order chi connectivity index (χ0) is 23.7. The number of Topliss-reactive ketones (excluding diaryl/α,β-unsaturated/α-hetero) is 1. The number of aliphatic hydroxyl groups excluding tert-OH is 1. The number of allylic oxidation sites excluding steroid dienone is 4. The summed E-state index contributed by atoms with van der Waals surface area (Å²) in [5.41, 5.74) is -0.0961. The van der Waals surface area contributed by atoms with E-state index in [1.807, 2.05) is 12.2 Å². The number of carboxylic acid groups (broad SMARTS) is 1. The fraction of sp³-hybridized carbons (Fsp3) is 0.417. The summed E-state index contributed by atoms with van der Waals surface area (Å²) in [6, 6.07) is 4.41. The molecule has 32 heavy (non-hydrogen) atoms. The third kappa shape index (κ3) is 8.00. The maximum atomic E-state index is 12.8. The van der Waals surface area contributed by atoms with Crippen molar-refractivity contribution in [1.29, 1.82) is 0 Å². The number of halogens is 3. The molecule has 0 radical (unpaired) electrons. The van der Waals surface area contributed by atoms with Gasteiger partial charge in [-0.15, -0.1) is 0 Å². The zero-order valence-corrected chi connectivity index (χ0v) is 17.6. The van der Waals surface area contributed by atoms with Gasteiger partial charge >= 0.3 is 12.1 Å². The molecule has 1 fully saturated rings. The average molecular weight is 452 g/mol. The summed E-state index contributed by atoms with van der Waals surface area (Å²) < 4.78 is 43.6. The van der Waals surface area contributed by atoms with E-state index in [-0.39, 0.29) is 42.8 Å². The highest BCUT2D eigenvalue weighted by atomic mass is 19.4. The van der Waals surface area contributed by atoms with Crippen LogP contribution in [-0.4, -0.2) is 34.7 Å². The van der Waals surface area contributed by atoms with Gasteiger partial charge in [-0.1, -0.05) is 42.5 Å². The molecule has 3 atom stereocenters. The molecular weight excluding hydrogens is 425 g/mol. The Morgan fingerprint density at radius 1 is 1.31 bits per heavy atom. The lowest BCUT2D eigenvalue weighted by molar-refractivity contribution is -0.138. The Balaban J connectivity index is 1.89. The van der Waals surface area contributed by atoms with E-state index in [4.69, 9.17) is 9.84 Å². The van der Waals surface area contributed by atoms with E-state index in [1.54, 1.807) is 6.08 Å². The molecule has 0 heterocycles. The second kappa shape index (κ2) is 11.7. The lowest BCUT2D eigenvalue weighted by Gasteiger charge is -2.15. The van der Waals surface area contributed by atoms with Crippen molar-refractivity contribution in [2.75, 3.05) is 6.61 Å². The first-order chi connectivity index (χ1) is 15.1. The van der Waals surface area contributed by atoms with Crippen LogP contribution < -0.4 is 4.74 Å². The predicted molar refractivity (Wildman–Crippen MR) is 113 cm³/mol. The monoisotopic (exact) mass is 452 g/mol. The summed E-state index contributed by atoms with van der Waals surface area (Å²) in [5, 5.41) is 18.8. The molecule has 8 heteroatoms. The van der Waals surface area contributed by atoms with Gasteiger partial charge in [0, 0.05) is 24.7 Å². The number of carbonyl (C=O) groups is 2. The molecule has 1 aromatic carbocycles. The first-order valence-corrected chi connectivity index (χ1v) is 10.3. The molecule has 1 saturated carbocycles. The number of carboxylic acids is 1. The highest BCUT2D eigenvalue weighted by molar-refractivity contribution is 5.87. The van der Waals surface area contributed by atoms with E-state index < -0.39 is 23.8 Å². The maximum absolute atomic E-state index is 12.8. The van der Waals surface area contributed by atoms with E-state index in [0.29, 0.717) is 19.3 Å². The third-order valence-corrected chi connectivity index (χ3v) is 5.16. The Morgan fingerprint density at radius 2 is 2.06 bits per heavy atom. The topological polar surface area (TPSA) is 83.8 Å². The van der Waals surface area contributed by atoms with Gasteiger partial charge in [-0.25, -0.2) is 0 Å². The molecule has 0 aromatic heterocycles. The Labute approximate surface area is 184 Å². The minimum absolute atomic E-state index is 0.00126. The van der Waals surface area contributed by atoms with Crippen LogP contribution in [0.4, 0.5) is 13.2 Å². The van der Waals surface area contributed by atoms with Gasteiger partial charge in [-0.3, -0.25) is 9.59 Å². The molecule has 174 valence electrons. The van der Waals surface area contributed by atoms with Crippen molar-refractivity contribution >= 4 is 11.8 Å². The number of alkyl halides is 3. The number of hydrogen-bond acceptors (Lipinski definition) is 4. The average Bonchev–Trinajstić information content (AvgIpc) is 2.99. The fourth-order valence-electron chi connectivity index (χ4n) is 3.48. The van der Waals surface area contributed by atoms with Crippen LogP contribution in [0, 0.1) is 11.8 Å². The SMILES string of the molecule is C=C1CC(=O)[C@H](CC=CCCCC(=O)O)[C@H]1C=C[C@@H](O)COc1cccc(C(F)(F)F)c1. The van der Waals surface area contributed by atoms with Crippen molar-refractivity contribution in [2.24, 2.45) is 11.8 Å². The van der Waals surface area contributed by atoms with Crippen LogP contribution in [0.5, 0.6) is 5.75 Å². The second-order valence-electron chi connectivity index (χ2n) is 7.72. The summed E-state index contributed by atoms with van der Waals surface area (Å²) >= 11 is 0. The van der Waals surface area contributed by atoms with Crippen molar-refractivity contribution in [3.05, 3.63) is 66.3 Å². The Hall–Kier alpha value is -2.87. The maximum Gasteiger partial charge on any atom is 0.416 e. The number of hydrogen-bond donors (Lipinski definition) is 2. The third-order valence-electron chi connectivity index (χ3n) is 5.16. The minimum Gasteiger partial charge on any atom is -0.491 e. The van der Waals surface area contributed by atoms with Crippen molar-refractivity contribution in [3.63, 3.8) is 0 Å².